The zero-order valence-corrected chi connectivity index (χ0v) is 10.6. The van der Waals surface area contributed by atoms with E-state index in [1.807, 2.05) is 18.2 Å². The van der Waals surface area contributed by atoms with Crippen LogP contribution in [0.4, 0.5) is 0 Å². The minimum absolute atomic E-state index is 0.142. The second kappa shape index (κ2) is 5.49. The molecule has 0 bridgehead atoms. The summed E-state index contributed by atoms with van der Waals surface area (Å²) < 4.78 is 5.10. The fourth-order valence-corrected chi connectivity index (χ4v) is 1.91. The molecule has 0 fully saturated rings. The van der Waals surface area contributed by atoms with Crippen molar-refractivity contribution in [3.63, 3.8) is 0 Å². The standard InChI is InChI=1S/C14H16N2O2/c1-10-13(14(17)15-2)12(16-18-10)9-8-11-6-4-3-5-7-11/h3-7H,8-9H2,1-2H3,(H,15,17). The highest BCUT2D eigenvalue weighted by atomic mass is 16.5. The van der Waals surface area contributed by atoms with Gasteiger partial charge >= 0.3 is 0 Å². The zero-order chi connectivity index (χ0) is 13.0. The molecule has 18 heavy (non-hydrogen) atoms. The molecule has 1 aromatic carbocycles. The number of amides is 1. The van der Waals surface area contributed by atoms with Crippen LogP contribution in [0.3, 0.4) is 0 Å². The lowest BCUT2D eigenvalue weighted by atomic mass is 10.0. The Kier molecular flexibility index (Phi) is 3.77. The SMILES string of the molecule is CNC(=O)c1c(CCc2ccccc2)noc1C. The van der Waals surface area contributed by atoms with Gasteiger partial charge < -0.3 is 9.84 Å². The molecule has 0 saturated carbocycles. The minimum atomic E-state index is -0.142. The summed E-state index contributed by atoms with van der Waals surface area (Å²) in [4.78, 5) is 11.7. The first-order chi connectivity index (χ1) is 8.72. The summed E-state index contributed by atoms with van der Waals surface area (Å²) in [5, 5.41) is 6.57. The molecule has 0 radical (unpaired) electrons. The highest BCUT2D eigenvalue weighted by molar-refractivity contribution is 5.95. The number of aryl methyl sites for hydroxylation is 3. The van der Waals surface area contributed by atoms with Crippen LogP contribution >= 0.6 is 0 Å². The van der Waals surface area contributed by atoms with Crippen LogP contribution in [0.1, 0.15) is 27.4 Å². The summed E-state index contributed by atoms with van der Waals surface area (Å²) in [7, 11) is 1.61. The lowest BCUT2D eigenvalue weighted by Crippen LogP contribution is -2.19. The van der Waals surface area contributed by atoms with E-state index in [-0.39, 0.29) is 5.91 Å². The number of aromatic nitrogens is 1. The summed E-state index contributed by atoms with van der Waals surface area (Å²) in [6.45, 7) is 1.75. The second-order valence-corrected chi connectivity index (χ2v) is 4.13. The average molecular weight is 244 g/mol. The summed E-state index contributed by atoms with van der Waals surface area (Å²) in [5.41, 5.74) is 2.50. The van der Waals surface area contributed by atoms with Gasteiger partial charge in [-0.3, -0.25) is 4.79 Å². The van der Waals surface area contributed by atoms with E-state index in [0.29, 0.717) is 17.7 Å². The minimum Gasteiger partial charge on any atom is -0.361 e. The Morgan fingerprint density at radius 2 is 2.00 bits per heavy atom. The molecule has 1 aromatic heterocycles. The molecule has 0 aliphatic heterocycles. The van der Waals surface area contributed by atoms with Crippen LogP contribution in [-0.2, 0) is 12.8 Å². The normalized spacial score (nSPS) is 10.3. The number of benzene rings is 1. The van der Waals surface area contributed by atoms with Crippen LogP contribution in [0.15, 0.2) is 34.9 Å². The van der Waals surface area contributed by atoms with Crippen molar-refractivity contribution in [3.8, 4) is 0 Å². The predicted molar refractivity (Wildman–Crippen MR) is 68.5 cm³/mol. The maximum absolute atomic E-state index is 11.7. The van der Waals surface area contributed by atoms with Crippen LogP contribution < -0.4 is 5.32 Å². The van der Waals surface area contributed by atoms with Gasteiger partial charge in [0, 0.05) is 7.05 Å². The maximum atomic E-state index is 11.7. The van der Waals surface area contributed by atoms with Crippen molar-refractivity contribution in [1.29, 1.82) is 0 Å². The third-order valence-electron chi connectivity index (χ3n) is 2.88. The van der Waals surface area contributed by atoms with E-state index in [2.05, 4.69) is 22.6 Å². The number of hydrogen-bond acceptors (Lipinski definition) is 3. The molecule has 0 saturated heterocycles. The van der Waals surface area contributed by atoms with Crippen LogP contribution in [0, 0.1) is 6.92 Å². The maximum Gasteiger partial charge on any atom is 0.256 e. The fourth-order valence-electron chi connectivity index (χ4n) is 1.91. The van der Waals surface area contributed by atoms with Crippen molar-refractivity contribution in [2.75, 3.05) is 7.05 Å². The van der Waals surface area contributed by atoms with Gasteiger partial charge in [-0.25, -0.2) is 0 Å². The largest absolute Gasteiger partial charge is 0.361 e. The van der Waals surface area contributed by atoms with E-state index in [1.165, 1.54) is 5.56 Å². The Morgan fingerprint density at radius 3 is 2.67 bits per heavy atom. The molecule has 2 rings (SSSR count). The molecule has 2 aromatic rings. The van der Waals surface area contributed by atoms with Crippen LogP contribution in [0.5, 0.6) is 0 Å². The van der Waals surface area contributed by atoms with Crippen LogP contribution in [-0.4, -0.2) is 18.1 Å². The van der Waals surface area contributed by atoms with Gasteiger partial charge in [0.25, 0.3) is 5.91 Å². The van der Waals surface area contributed by atoms with Gasteiger partial charge in [-0.05, 0) is 25.3 Å². The van der Waals surface area contributed by atoms with Crippen LogP contribution in [0.2, 0.25) is 0 Å². The van der Waals surface area contributed by atoms with E-state index in [1.54, 1.807) is 14.0 Å². The molecule has 0 aliphatic rings. The van der Waals surface area contributed by atoms with Gasteiger partial charge in [-0.15, -0.1) is 0 Å². The molecule has 0 aliphatic carbocycles. The summed E-state index contributed by atoms with van der Waals surface area (Å²) in [6, 6.07) is 10.1. The van der Waals surface area contributed by atoms with Gasteiger partial charge in [-0.2, -0.15) is 0 Å². The van der Waals surface area contributed by atoms with Gasteiger partial charge in [0.05, 0.1) is 5.69 Å². The first-order valence-corrected chi connectivity index (χ1v) is 5.93. The van der Waals surface area contributed by atoms with E-state index in [0.717, 1.165) is 12.1 Å². The van der Waals surface area contributed by atoms with Crippen molar-refractivity contribution >= 4 is 5.91 Å². The third kappa shape index (κ3) is 2.59. The average Bonchev–Trinajstić information content (AvgIpc) is 2.78. The lowest BCUT2D eigenvalue weighted by molar-refractivity contribution is 0.0961. The highest BCUT2D eigenvalue weighted by Gasteiger charge is 2.18. The molecule has 94 valence electrons. The second-order valence-electron chi connectivity index (χ2n) is 4.13. The van der Waals surface area contributed by atoms with E-state index in [4.69, 9.17) is 4.52 Å². The predicted octanol–water partition coefficient (Wildman–Crippen LogP) is 2.13. The number of nitrogens with one attached hydrogen (secondary N) is 1. The van der Waals surface area contributed by atoms with Gasteiger partial charge in [0.2, 0.25) is 0 Å². The molecule has 4 nitrogen and oxygen atoms in total. The Balaban J connectivity index is 2.13. The van der Waals surface area contributed by atoms with Crippen molar-refractivity contribution < 1.29 is 9.32 Å². The van der Waals surface area contributed by atoms with Crippen molar-refractivity contribution in [2.24, 2.45) is 0 Å². The first kappa shape index (κ1) is 12.4. The van der Waals surface area contributed by atoms with E-state index in [9.17, 15) is 4.79 Å². The summed E-state index contributed by atoms with van der Waals surface area (Å²) in [5.74, 6) is 0.425. The van der Waals surface area contributed by atoms with Gasteiger partial charge in [0.15, 0.2) is 0 Å². The Bertz CT molecular complexity index is 532. The molecule has 0 atom stereocenters. The first-order valence-electron chi connectivity index (χ1n) is 5.93. The number of carbonyl (C=O) groups is 1. The van der Waals surface area contributed by atoms with E-state index >= 15 is 0 Å². The van der Waals surface area contributed by atoms with Crippen molar-refractivity contribution in [3.05, 3.63) is 52.9 Å². The summed E-state index contributed by atoms with van der Waals surface area (Å²) >= 11 is 0. The van der Waals surface area contributed by atoms with Crippen molar-refractivity contribution in [1.82, 2.24) is 10.5 Å². The fraction of sp³-hybridized carbons (Fsp3) is 0.286. The lowest BCUT2D eigenvalue weighted by Gasteiger charge is -2.01. The van der Waals surface area contributed by atoms with Gasteiger partial charge in [-0.1, -0.05) is 35.5 Å². The Hall–Kier alpha value is -2.10. The summed E-state index contributed by atoms with van der Waals surface area (Å²) in [6.07, 6.45) is 1.54. The smallest absolute Gasteiger partial charge is 0.256 e. The molecule has 1 N–H and O–H groups in total. The molecular weight excluding hydrogens is 228 g/mol. The molecule has 0 spiro atoms. The topological polar surface area (TPSA) is 55.1 Å². The number of carbonyl (C=O) groups excluding carboxylic acids is 1. The monoisotopic (exact) mass is 244 g/mol. The van der Waals surface area contributed by atoms with Crippen LogP contribution in [0.25, 0.3) is 0 Å². The molecule has 0 unspecified atom stereocenters. The zero-order valence-electron chi connectivity index (χ0n) is 10.6. The molecule has 1 amide bonds. The molecule has 4 heteroatoms. The number of nitrogens with zero attached hydrogens (tertiary/aromatic N) is 1. The Labute approximate surface area is 106 Å². The van der Waals surface area contributed by atoms with Crippen molar-refractivity contribution in [2.45, 2.75) is 19.8 Å². The highest BCUT2D eigenvalue weighted by Crippen LogP contribution is 2.15. The molecular formula is C14H16N2O2. The molecule has 1 heterocycles. The quantitative estimate of drug-likeness (QED) is 0.896. The number of hydrogen-bond donors (Lipinski definition) is 1. The number of rotatable bonds is 4. The van der Waals surface area contributed by atoms with E-state index < -0.39 is 0 Å². The Morgan fingerprint density at radius 1 is 1.28 bits per heavy atom. The van der Waals surface area contributed by atoms with Gasteiger partial charge in [0.1, 0.15) is 11.3 Å². The third-order valence-corrected chi connectivity index (χ3v) is 2.88.